The first-order chi connectivity index (χ1) is 15.7. The van der Waals surface area contributed by atoms with Gasteiger partial charge in [0.2, 0.25) is 0 Å². The van der Waals surface area contributed by atoms with Crippen molar-refractivity contribution in [2.75, 3.05) is 32.2 Å². The van der Waals surface area contributed by atoms with Crippen molar-refractivity contribution >= 4 is 40.1 Å². The smallest absolute Gasteiger partial charge is 0.341 e. The highest BCUT2D eigenvalue weighted by atomic mass is 32.1. The molecule has 0 unspecified atom stereocenters. The number of benzene rings is 1. The molecular formula is C23H28N2O7S. The second kappa shape index (κ2) is 12.0. The number of hydrogen-bond acceptors (Lipinski definition) is 8. The van der Waals surface area contributed by atoms with Gasteiger partial charge in [0.05, 0.1) is 30.1 Å². The molecule has 0 bridgehead atoms. The van der Waals surface area contributed by atoms with Crippen molar-refractivity contribution in [3.63, 3.8) is 0 Å². The molecule has 9 nitrogen and oxygen atoms in total. The molecule has 0 aliphatic rings. The summed E-state index contributed by atoms with van der Waals surface area (Å²) in [6.07, 6.45) is -0.0341. The fraction of sp³-hybridized carbons (Fsp3) is 0.391. The number of ether oxygens (including phenoxy) is 3. The van der Waals surface area contributed by atoms with Crippen molar-refractivity contribution in [2.45, 2.75) is 34.1 Å². The molecule has 0 aliphatic heterocycles. The first-order valence-corrected chi connectivity index (χ1v) is 11.2. The molecule has 1 aromatic carbocycles. The van der Waals surface area contributed by atoms with Gasteiger partial charge in [0, 0.05) is 7.05 Å². The molecule has 2 N–H and O–H groups in total. The number of rotatable bonds is 10. The first-order valence-electron chi connectivity index (χ1n) is 10.4. The van der Waals surface area contributed by atoms with E-state index in [1.54, 1.807) is 13.8 Å². The lowest BCUT2D eigenvalue weighted by Crippen LogP contribution is -2.22. The Balaban J connectivity index is 1.94. The minimum absolute atomic E-state index is 0.0341. The van der Waals surface area contributed by atoms with E-state index in [4.69, 9.17) is 14.2 Å². The minimum atomic E-state index is -0.655. The standard InChI is InChI=1S/C23H28N2O7S/c1-6-30-23(29)19-15(4)20(21(28)24-5)33-22(19)25-17(26)12-32-18(27)9-10-31-16-11-13(2)7-8-14(16)3/h7-8,11H,6,9-10,12H2,1-5H3,(H,24,28)(H,25,26). The number of thiophene rings is 1. The van der Waals surface area contributed by atoms with Crippen molar-refractivity contribution in [1.82, 2.24) is 5.32 Å². The Morgan fingerprint density at radius 3 is 2.45 bits per heavy atom. The van der Waals surface area contributed by atoms with Crippen LogP contribution in [0.4, 0.5) is 5.00 Å². The number of hydrogen-bond donors (Lipinski definition) is 2. The van der Waals surface area contributed by atoms with Crippen LogP contribution in [0.5, 0.6) is 5.75 Å². The maximum absolute atomic E-state index is 12.3. The molecule has 0 saturated heterocycles. The molecule has 1 heterocycles. The van der Waals surface area contributed by atoms with Crippen LogP contribution in [0.15, 0.2) is 18.2 Å². The summed E-state index contributed by atoms with van der Waals surface area (Å²) in [4.78, 5) is 49.0. The van der Waals surface area contributed by atoms with E-state index in [1.807, 2.05) is 32.0 Å². The van der Waals surface area contributed by atoms with Crippen LogP contribution >= 0.6 is 11.3 Å². The van der Waals surface area contributed by atoms with E-state index < -0.39 is 24.5 Å². The number of aryl methyl sites for hydroxylation is 2. The predicted octanol–water partition coefficient (Wildman–Crippen LogP) is 3.16. The van der Waals surface area contributed by atoms with Gasteiger partial charge in [0.25, 0.3) is 11.8 Å². The van der Waals surface area contributed by atoms with E-state index in [-0.39, 0.29) is 41.0 Å². The number of amides is 2. The molecule has 33 heavy (non-hydrogen) atoms. The maximum atomic E-state index is 12.3. The van der Waals surface area contributed by atoms with Crippen molar-refractivity contribution in [2.24, 2.45) is 0 Å². The molecule has 2 aromatic rings. The van der Waals surface area contributed by atoms with Gasteiger partial charge in [-0.1, -0.05) is 12.1 Å². The third-order valence-corrected chi connectivity index (χ3v) is 5.79. The van der Waals surface area contributed by atoms with Gasteiger partial charge in [-0.25, -0.2) is 4.79 Å². The Kier molecular flexibility index (Phi) is 9.41. The van der Waals surface area contributed by atoms with Crippen LogP contribution in [0.3, 0.4) is 0 Å². The predicted molar refractivity (Wildman–Crippen MR) is 124 cm³/mol. The molecule has 0 spiro atoms. The second-order valence-corrected chi connectivity index (χ2v) is 8.16. The largest absolute Gasteiger partial charge is 0.493 e. The Hall–Kier alpha value is -3.40. The minimum Gasteiger partial charge on any atom is -0.493 e. The normalized spacial score (nSPS) is 10.3. The van der Waals surface area contributed by atoms with Crippen LogP contribution in [-0.4, -0.2) is 50.6 Å². The van der Waals surface area contributed by atoms with Gasteiger partial charge >= 0.3 is 11.9 Å². The highest BCUT2D eigenvalue weighted by Gasteiger charge is 2.26. The van der Waals surface area contributed by atoms with E-state index in [0.717, 1.165) is 22.5 Å². The second-order valence-electron chi connectivity index (χ2n) is 7.14. The van der Waals surface area contributed by atoms with Crippen LogP contribution in [0.2, 0.25) is 0 Å². The van der Waals surface area contributed by atoms with E-state index in [0.29, 0.717) is 11.3 Å². The van der Waals surface area contributed by atoms with Gasteiger partial charge < -0.3 is 24.8 Å². The topological polar surface area (TPSA) is 120 Å². The molecule has 0 fully saturated rings. The zero-order chi connectivity index (χ0) is 24.5. The summed E-state index contributed by atoms with van der Waals surface area (Å²) in [7, 11) is 1.47. The summed E-state index contributed by atoms with van der Waals surface area (Å²) in [5.74, 6) is -1.60. The Morgan fingerprint density at radius 2 is 1.79 bits per heavy atom. The third kappa shape index (κ3) is 7.04. The van der Waals surface area contributed by atoms with Crippen molar-refractivity contribution in [3.05, 3.63) is 45.3 Å². The molecule has 1 aromatic heterocycles. The molecule has 0 saturated carbocycles. The zero-order valence-corrected chi connectivity index (χ0v) is 20.1. The third-order valence-electron chi connectivity index (χ3n) is 4.58. The number of carbonyl (C=O) groups excluding carboxylic acids is 4. The summed E-state index contributed by atoms with van der Waals surface area (Å²) in [5.41, 5.74) is 2.49. The van der Waals surface area contributed by atoms with Gasteiger partial charge in [-0.05, 0) is 50.5 Å². The van der Waals surface area contributed by atoms with Crippen LogP contribution in [-0.2, 0) is 19.1 Å². The molecule has 10 heteroatoms. The molecular weight excluding hydrogens is 448 g/mol. The fourth-order valence-electron chi connectivity index (χ4n) is 2.87. The zero-order valence-electron chi connectivity index (χ0n) is 19.3. The lowest BCUT2D eigenvalue weighted by Gasteiger charge is -2.10. The monoisotopic (exact) mass is 476 g/mol. The lowest BCUT2D eigenvalue weighted by atomic mass is 10.1. The van der Waals surface area contributed by atoms with Crippen LogP contribution in [0, 0.1) is 20.8 Å². The van der Waals surface area contributed by atoms with E-state index >= 15 is 0 Å². The van der Waals surface area contributed by atoms with Gasteiger partial charge in [-0.3, -0.25) is 14.4 Å². The van der Waals surface area contributed by atoms with E-state index in [9.17, 15) is 19.2 Å². The molecule has 0 atom stereocenters. The maximum Gasteiger partial charge on any atom is 0.341 e. The molecule has 2 amide bonds. The molecule has 0 radical (unpaired) electrons. The molecule has 178 valence electrons. The van der Waals surface area contributed by atoms with Crippen LogP contribution in [0.25, 0.3) is 0 Å². The summed E-state index contributed by atoms with van der Waals surface area (Å²) in [6, 6.07) is 5.78. The summed E-state index contributed by atoms with van der Waals surface area (Å²) in [6.45, 7) is 6.80. The summed E-state index contributed by atoms with van der Waals surface area (Å²) in [5, 5.41) is 5.18. The SMILES string of the molecule is CCOC(=O)c1c(NC(=O)COC(=O)CCOc2cc(C)ccc2C)sc(C(=O)NC)c1C. The number of esters is 2. The van der Waals surface area contributed by atoms with Crippen LogP contribution < -0.4 is 15.4 Å². The summed E-state index contributed by atoms with van der Waals surface area (Å²) < 4.78 is 15.7. The number of anilines is 1. The lowest BCUT2D eigenvalue weighted by molar-refractivity contribution is -0.147. The average molecular weight is 477 g/mol. The van der Waals surface area contributed by atoms with Crippen molar-refractivity contribution in [1.29, 1.82) is 0 Å². The van der Waals surface area contributed by atoms with Gasteiger partial charge in [0.1, 0.15) is 10.8 Å². The molecule has 2 rings (SSSR count). The highest BCUT2D eigenvalue weighted by Crippen LogP contribution is 2.33. The highest BCUT2D eigenvalue weighted by molar-refractivity contribution is 7.18. The Bertz CT molecular complexity index is 1050. The van der Waals surface area contributed by atoms with Gasteiger partial charge in [-0.15, -0.1) is 11.3 Å². The number of carbonyl (C=O) groups is 4. The van der Waals surface area contributed by atoms with E-state index in [2.05, 4.69) is 10.6 Å². The summed E-state index contributed by atoms with van der Waals surface area (Å²) >= 11 is 0.944. The van der Waals surface area contributed by atoms with E-state index in [1.165, 1.54) is 7.05 Å². The quantitative estimate of drug-likeness (QED) is 0.506. The molecule has 0 aliphatic carbocycles. The van der Waals surface area contributed by atoms with Gasteiger partial charge in [0.15, 0.2) is 6.61 Å². The van der Waals surface area contributed by atoms with Crippen molar-refractivity contribution in [3.8, 4) is 5.75 Å². The van der Waals surface area contributed by atoms with Gasteiger partial charge in [-0.2, -0.15) is 0 Å². The first kappa shape index (κ1) is 25.9. The fourth-order valence-corrected chi connectivity index (χ4v) is 4.03. The van der Waals surface area contributed by atoms with Crippen molar-refractivity contribution < 1.29 is 33.4 Å². The Morgan fingerprint density at radius 1 is 1.06 bits per heavy atom. The van der Waals surface area contributed by atoms with Crippen LogP contribution in [0.1, 0.15) is 50.1 Å². The number of nitrogens with one attached hydrogen (secondary N) is 2. The Labute approximate surface area is 196 Å². The average Bonchev–Trinajstić information content (AvgIpc) is 3.10.